The van der Waals surface area contributed by atoms with Gasteiger partial charge in [-0.05, 0) is 30.7 Å². The zero-order valence-electron chi connectivity index (χ0n) is 12.7. The molecule has 0 saturated carbocycles. The maximum Gasteiger partial charge on any atom is 0.315 e. The molecule has 120 valence electrons. The number of urea groups is 1. The third kappa shape index (κ3) is 6.12. The van der Waals surface area contributed by atoms with Crippen molar-refractivity contribution in [1.82, 2.24) is 10.6 Å². The smallest absolute Gasteiger partial charge is 0.315 e. The second-order valence-corrected chi connectivity index (χ2v) is 6.00. The average molecular weight is 376 g/mol. The topological polar surface area (TPSA) is 70.2 Å². The van der Waals surface area contributed by atoms with E-state index in [0.29, 0.717) is 12.2 Å². The van der Waals surface area contributed by atoms with Crippen LogP contribution in [0.4, 0.5) is 10.5 Å². The number of aryl methyl sites for hydroxylation is 1. The Hall–Kier alpha value is -2.34. The van der Waals surface area contributed by atoms with Crippen LogP contribution in [0.25, 0.3) is 0 Å². The molecule has 2 aromatic rings. The van der Waals surface area contributed by atoms with E-state index in [9.17, 15) is 9.59 Å². The van der Waals surface area contributed by atoms with E-state index in [1.165, 1.54) is 5.56 Å². The summed E-state index contributed by atoms with van der Waals surface area (Å²) in [4.78, 5) is 23.5. The molecule has 2 aromatic carbocycles. The largest absolute Gasteiger partial charge is 0.334 e. The van der Waals surface area contributed by atoms with Crippen LogP contribution in [0.15, 0.2) is 53.0 Å². The highest BCUT2D eigenvalue weighted by molar-refractivity contribution is 9.10. The molecule has 0 bridgehead atoms. The van der Waals surface area contributed by atoms with Crippen LogP contribution in [-0.4, -0.2) is 18.5 Å². The van der Waals surface area contributed by atoms with E-state index in [2.05, 4.69) is 31.9 Å². The van der Waals surface area contributed by atoms with Crippen LogP contribution in [-0.2, 0) is 11.3 Å². The molecular weight excluding hydrogens is 358 g/mol. The third-order valence-corrected chi connectivity index (χ3v) is 3.58. The first kappa shape index (κ1) is 17.0. The number of rotatable bonds is 5. The van der Waals surface area contributed by atoms with Crippen molar-refractivity contribution in [1.29, 1.82) is 0 Å². The lowest BCUT2D eigenvalue weighted by Crippen LogP contribution is -2.39. The fraction of sp³-hybridized carbons (Fsp3) is 0.176. The molecule has 0 fully saturated rings. The van der Waals surface area contributed by atoms with Crippen molar-refractivity contribution >= 4 is 33.6 Å². The van der Waals surface area contributed by atoms with Crippen molar-refractivity contribution in [3.05, 3.63) is 64.1 Å². The number of hydrogen-bond donors (Lipinski definition) is 3. The summed E-state index contributed by atoms with van der Waals surface area (Å²) in [5.74, 6) is -0.284. The highest BCUT2D eigenvalue weighted by Gasteiger charge is 2.06. The SMILES string of the molecule is Cc1ccc(CNC(=O)NCC(=O)Nc2cccc(Br)c2)cc1. The van der Waals surface area contributed by atoms with Gasteiger partial charge in [-0.2, -0.15) is 0 Å². The van der Waals surface area contributed by atoms with Gasteiger partial charge in [0.15, 0.2) is 0 Å². The molecule has 3 amide bonds. The number of hydrogen-bond acceptors (Lipinski definition) is 2. The molecule has 0 heterocycles. The maximum absolute atomic E-state index is 11.8. The number of nitrogens with one attached hydrogen (secondary N) is 3. The van der Waals surface area contributed by atoms with Crippen molar-refractivity contribution in [2.45, 2.75) is 13.5 Å². The maximum atomic E-state index is 11.8. The molecule has 0 spiro atoms. The molecule has 0 unspecified atom stereocenters. The Bertz CT molecular complexity index is 686. The van der Waals surface area contributed by atoms with Gasteiger partial charge in [0.25, 0.3) is 0 Å². The molecular formula is C17H18BrN3O2. The Morgan fingerprint density at radius 1 is 1.04 bits per heavy atom. The molecule has 0 aliphatic carbocycles. The van der Waals surface area contributed by atoms with Gasteiger partial charge in [0.05, 0.1) is 6.54 Å². The zero-order valence-corrected chi connectivity index (χ0v) is 14.3. The first-order valence-corrected chi connectivity index (χ1v) is 7.95. The van der Waals surface area contributed by atoms with Crippen LogP contribution < -0.4 is 16.0 Å². The highest BCUT2D eigenvalue weighted by Crippen LogP contribution is 2.15. The van der Waals surface area contributed by atoms with Gasteiger partial charge in [-0.1, -0.05) is 51.8 Å². The number of halogens is 1. The molecule has 0 saturated heterocycles. The Morgan fingerprint density at radius 2 is 1.78 bits per heavy atom. The summed E-state index contributed by atoms with van der Waals surface area (Å²) in [6, 6.07) is 14.8. The minimum Gasteiger partial charge on any atom is -0.334 e. The Morgan fingerprint density at radius 3 is 2.48 bits per heavy atom. The lowest BCUT2D eigenvalue weighted by atomic mass is 10.1. The second kappa shape index (κ2) is 8.33. The summed E-state index contributed by atoms with van der Waals surface area (Å²) >= 11 is 3.33. The molecule has 0 aliphatic heterocycles. The Balaban J connectivity index is 1.71. The van der Waals surface area contributed by atoms with E-state index >= 15 is 0 Å². The van der Waals surface area contributed by atoms with Gasteiger partial charge in [-0.15, -0.1) is 0 Å². The monoisotopic (exact) mass is 375 g/mol. The van der Waals surface area contributed by atoms with Crippen LogP contribution in [0.3, 0.4) is 0 Å². The van der Waals surface area contributed by atoms with Crippen LogP contribution in [0.5, 0.6) is 0 Å². The standard InChI is InChI=1S/C17H18BrN3O2/c1-12-5-7-13(8-6-12)10-19-17(23)20-11-16(22)21-15-4-2-3-14(18)9-15/h2-9H,10-11H2,1H3,(H,21,22)(H2,19,20,23). The van der Waals surface area contributed by atoms with Crippen LogP contribution in [0, 0.1) is 6.92 Å². The normalized spacial score (nSPS) is 10.0. The third-order valence-electron chi connectivity index (χ3n) is 3.09. The molecule has 5 nitrogen and oxygen atoms in total. The van der Waals surface area contributed by atoms with E-state index in [1.807, 2.05) is 43.3 Å². The summed E-state index contributed by atoms with van der Waals surface area (Å²) in [6.45, 7) is 2.33. The van der Waals surface area contributed by atoms with Gasteiger partial charge >= 0.3 is 6.03 Å². The fourth-order valence-electron chi connectivity index (χ4n) is 1.88. The van der Waals surface area contributed by atoms with E-state index in [1.54, 1.807) is 12.1 Å². The quantitative estimate of drug-likeness (QED) is 0.750. The Kier molecular flexibility index (Phi) is 6.17. The van der Waals surface area contributed by atoms with E-state index in [4.69, 9.17) is 0 Å². The molecule has 3 N–H and O–H groups in total. The first-order chi connectivity index (χ1) is 11.0. The summed E-state index contributed by atoms with van der Waals surface area (Å²) in [5, 5.41) is 7.94. The van der Waals surface area contributed by atoms with E-state index in [-0.39, 0.29) is 18.5 Å². The van der Waals surface area contributed by atoms with Crippen LogP contribution >= 0.6 is 15.9 Å². The minimum atomic E-state index is -0.380. The number of carbonyl (C=O) groups excluding carboxylic acids is 2. The average Bonchev–Trinajstić information content (AvgIpc) is 2.52. The lowest BCUT2D eigenvalue weighted by molar-refractivity contribution is -0.115. The number of anilines is 1. The summed E-state index contributed by atoms with van der Waals surface area (Å²) in [5.41, 5.74) is 2.85. The van der Waals surface area contributed by atoms with E-state index in [0.717, 1.165) is 10.0 Å². The number of carbonyl (C=O) groups is 2. The lowest BCUT2D eigenvalue weighted by Gasteiger charge is -2.09. The summed E-state index contributed by atoms with van der Waals surface area (Å²) in [6.07, 6.45) is 0. The highest BCUT2D eigenvalue weighted by atomic mass is 79.9. The first-order valence-electron chi connectivity index (χ1n) is 7.15. The molecule has 0 aliphatic rings. The Labute approximate surface area is 143 Å². The van der Waals surface area contributed by atoms with Gasteiger partial charge in [-0.25, -0.2) is 4.79 Å². The number of amides is 3. The molecule has 0 radical (unpaired) electrons. The van der Waals surface area contributed by atoms with Crippen molar-refractivity contribution in [3.8, 4) is 0 Å². The van der Waals surface area contributed by atoms with Crippen molar-refractivity contribution < 1.29 is 9.59 Å². The van der Waals surface area contributed by atoms with Gasteiger partial charge < -0.3 is 16.0 Å². The fourth-order valence-corrected chi connectivity index (χ4v) is 2.28. The molecule has 2 rings (SSSR count). The minimum absolute atomic E-state index is 0.0910. The predicted molar refractivity (Wildman–Crippen MR) is 94.2 cm³/mol. The van der Waals surface area contributed by atoms with Crippen molar-refractivity contribution in [3.63, 3.8) is 0 Å². The van der Waals surface area contributed by atoms with Gasteiger partial charge in [0, 0.05) is 16.7 Å². The summed E-state index contributed by atoms with van der Waals surface area (Å²) in [7, 11) is 0. The van der Waals surface area contributed by atoms with Gasteiger partial charge in [0.2, 0.25) is 5.91 Å². The zero-order chi connectivity index (χ0) is 16.7. The van der Waals surface area contributed by atoms with Gasteiger partial charge in [-0.3, -0.25) is 4.79 Å². The van der Waals surface area contributed by atoms with E-state index < -0.39 is 0 Å². The second-order valence-electron chi connectivity index (χ2n) is 5.08. The van der Waals surface area contributed by atoms with Crippen molar-refractivity contribution in [2.24, 2.45) is 0 Å². The molecule has 0 aromatic heterocycles. The predicted octanol–water partition coefficient (Wildman–Crippen LogP) is 3.20. The van der Waals surface area contributed by atoms with Gasteiger partial charge in [0.1, 0.15) is 0 Å². The molecule has 6 heteroatoms. The van der Waals surface area contributed by atoms with Crippen LogP contribution in [0.2, 0.25) is 0 Å². The number of benzene rings is 2. The van der Waals surface area contributed by atoms with Crippen LogP contribution in [0.1, 0.15) is 11.1 Å². The molecule has 23 heavy (non-hydrogen) atoms. The molecule has 0 atom stereocenters. The summed E-state index contributed by atoms with van der Waals surface area (Å²) < 4.78 is 0.874. The van der Waals surface area contributed by atoms with Crippen molar-refractivity contribution in [2.75, 3.05) is 11.9 Å².